The molecule has 2 aromatic carbocycles. The standard InChI is InChI=1S/C24H18FN7S2/c1-16-23(29-28-19-11-9-18(25)10-12-19)34-24(27-16)30-26-14-17-15-32(20-6-3-2-4-7-20)31-22(17)21-8-5-13-33-21/h2-15H,1H3,(H,27,30)/b26-14-,29-28?. The monoisotopic (exact) mass is 487 g/mol. The van der Waals surface area contributed by atoms with Gasteiger partial charge in [-0.2, -0.15) is 10.2 Å². The molecule has 0 saturated carbocycles. The Morgan fingerprint density at radius 1 is 1.00 bits per heavy atom. The Labute approximate surface area is 203 Å². The fourth-order valence-corrected chi connectivity index (χ4v) is 4.57. The van der Waals surface area contributed by atoms with E-state index in [0.29, 0.717) is 15.8 Å². The van der Waals surface area contributed by atoms with Crippen LogP contribution in [0.4, 0.5) is 20.2 Å². The fourth-order valence-electron chi connectivity index (χ4n) is 3.10. The number of azo groups is 1. The first-order chi connectivity index (χ1) is 16.7. The van der Waals surface area contributed by atoms with Gasteiger partial charge in [0, 0.05) is 11.8 Å². The molecule has 0 aliphatic rings. The van der Waals surface area contributed by atoms with Crippen molar-refractivity contribution in [2.45, 2.75) is 6.92 Å². The Bertz CT molecular complexity index is 1440. The van der Waals surface area contributed by atoms with E-state index < -0.39 is 0 Å². The number of halogens is 1. The Hall–Kier alpha value is -4.02. The fraction of sp³-hybridized carbons (Fsp3) is 0.0417. The Morgan fingerprint density at radius 3 is 2.59 bits per heavy atom. The molecule has 0 radical (unpaired) electrons. The number of nitrogens with zero attached hydrogens (tertiary/aromatic N) is 6. The van der Waals surface area contributed by atoms with Crippen molar-refractivity contribution in [1.82, 2.24) is 14.8 Å². The van der Waals surface area contributed by atoms with Crippen molar-refractivity contribution in [3.05, 3.63) is 95.4 Å². The average Bonchev–Trinajstić information content (AvgIpc) is 3.60. The van der Waals surface area contributed by atoms with E-state index >= 15 is 0 Å². The lowest BCUT2D eigenvalue weighted by Crippen LogP contribution is -1.93. The van der Waals surface area contributed by atoms with Crippen molar-refractivity contribution < 1.29 is 4.39 Å². The molecule has 5 rings (SSSR count). The van der Waals surface area contributed by atoms with Crippen LogP contribution in [-0.4, -0.2) is 21.0 Å². The molecule has 3 heterocycles. The summed E-state index contributed by atoms with van der Waals surface area (Å²) in [5.74, 6) is -0.311. The summed E-state index contributed by atoms with van der Waals surface area (Å²) in [6, 6.07) is 19.8. The number of hydrogen-bond donors (Lipinski definition) is 1. The number of thiophene rings is 1. The van der Waals surface area contributed by atoms with Gasteiger partial charge in [-0.25, -0.2) is 14.1 Å². The molecule has 0 aliphatic carbocycles. The third kappa shape index (κ3) is 4.98. The van der Waals surface area contributed by atoms with Crippen LogP contribution >= 0.6 is 22.7 Å². The Balaban J connectivity index is 1.34. The predicted molar refractivity (Wildman–Crippen MR) is 136 cm³/mol. The van der Waals surface area contributed by atoms with Crippen LogP contribution in [0.5, 0.6) is 0 Å². The van der Waals surface area contributed by atoms with E-state index in [-0.39, 0.29) is 5.82 Å². The van der Waals surface area contributed by atoms with Gasteiger partial charge in [-0.1, -0.05) is 35.6 Å². The summed E-state index contributed by atoms with van der Waals surface area (Å²) in [5, 5.41) is 20.8. The Morgan fingerprint density at radius 2 is 1.82 bits per heavy atom. The molecule has 0 unspecified atom stereocenters. The molecule has 0 spiro atoms. The molecule has 0 amide bonds. The van der Waals surface area contributed by atoms with E-state index in [1.54, 1.807) is 29.7 Å². The van der Waals surface area contributed by atoms with E-state index in [0.717, 1.165) is 27.5 Å². The molecular weight excluding hydrogens is 469 g/mol. The number of hydrazone groups is 1. The van der Waals surface area contributed by atoms with Crippen molar-refractivity contribution in [3.8, 4) is 16.3 Å². The van der Waals surface area contributed by atoms with E-state index in [1.165, 1.54) is 23.5 Å². The van der Waals surface area contributed by atoms with Gasteiger partial charge in [-0.05, 0) is 54.8 Å². The smallest absolute Gasteiger partial charge is 0.205 e. The van der Waals surface area contributed by atoms with Crippen LogP contribution in [0.2, 0.25) is 0 Å². The largest absolute Gasteiger partial charge is 0.253 e. The quantitative estimate of drug-likeness (QED) is 0.148. The maximum atomic E-state index is 13.0. The van der Waals surface area contributed by atoms with Crippen LogP contribution in [0.25, 0.3) is 16.3 Å². The van der Waals surface area contributed by atoms with Crippen molar-refractivity contribution in [2.75, 3.05) is 5.43 Å². The molecule has 0 aliphatic heterocycles. The van der Waals surface area contributed by atoms with Crippen LogP contribution in [0, 0.1) is 12.7 Å². The van der Waals surface area contributed by atoms with Gasteiger partial charge < -0.3 is 0 Å². The molecule has 10 heteroatoms. The second-order valence-corrected chi connectivity index (χ2v) is 9.07. The van der Waals surface area contributed by atoms with E-state index in [1.807, 2.05) is 65.6 Å². The number of nitrogens with one attached hydrogen (secondary N) is 1. The van der Waals surface area contributed by atoms with Crippen LogP contribution in [0.1, 0.15) is 11.3 Å². The van der Waals surface area contributed by atoms with Gasteiger partial charge in [-0.15, -0.1) is 21.6 Å². The molecule has 7 nitrogen and oxygen atoms in total. The molecule has 3 aromatic heterocycles. The highest BCUT2D eigenvalue weighted by Crippen LogP contribution is 2.32. The number of rotatable bonds is 7. The molecule has 168 valence electrons. The minimum atomic E-state index is -0.311. The van der Waals surface area contributed by atoms with Gasteiger partial charge in [0.2, 0.25) is 5.13 Å². The van der Waals surface area contributed by atoms with Crippen molar-refractivity contribution in [3.63, 3.8) is 0 Å². The van der Waals surface area contributed by atoms with Crippen molar-refractivity contribution in [1.29, 1.82) is 0 Å². The maximum absolute atomic E-state index is 13.0. The van der Waals surface area contributed by atoms with Gasteiger partial charge in [0.05, 0.1) is 28.2 Å². The van der Waals surface area contributed by atoms with Gasteiger partial charge in [-0.3, -0.25) is 5.43 Å². The average molecular weight is 488 g/mol. The van der Waals surface area contributed by atoms with Crippen molar-refractivity contribution >= 4 is 44.7 Å². The zero-order valence-corrected chi connectivity index (χ0v) is 19.6. The van der Waals surface area contributed by atoms with Crippen LogP contribution in [0.15, 0.2) is 93.6 Å². The molecule has 0 bridgehead atoms. The van der Waals surface area contributed by atoms with E-state index in [9.17, 15) is 4.39 Å². The summed E-state index contributed by atoms with van der Waals surface area (Å²) in [6.07, 6.45) is 3.68. The third-order valence-electron chi connectivity index (χ3n) is 4.74. The molecule has 0 fully saturated rings. The van der Waals surface area contributed by atoms with E-state index in [4.69, 9.17) is 5.10 Å². The number of thiazole rings is 1. The van der Waals surface area contributed by atoms with Gasteiger partial charge in [0.1, 0.15) is 11.5 Å². The molecule has 34 heavy (non-hydrogen) atoms. The summed E-state index contributed by atoms with van der Waals surface area (Å²) in [7, 11) is 0. The number of para-hydroxylation sites is 1. The lowest BCUT2D eigenvalue weighted by atomic mass is 10.2. The van der Waals surface area contributed by atoms with Crippen LogP contribution < -0.4 is 5.43 Å². The summed E-state index contributed by atoms with van der Waals surface area (Å²) >= 11 is 2.96. The zero-order valence-electron chi connectivity index (χ0n) is 18.0. The first-order valence-electron chi connectivity index (χ1n) is 10.3. The Kier molecular flexibility index (Phi) is 6.32. The lowest BCUT2D eigenvalue weighted by molar-refractivity contribution is 0.628. The van der Waals surface area contributed by atoms with Crippen LogP contribution in [-0.2, 0) is 0 Å². The molecule has 5 aromatic rings. The number of hydrogen-bond acceptors (Lipinski definition) is 8. The highest BCUT2D eigenvalue weighted by atomic mass is 32.1. The summed E-state index contributed by atoms with van der Waals surface area (Å²) in [4.78, 5) is 5.51. The summed E-state index contributed by atoms with van der Waals surface area (Å²) in [6.45, 7) is 1.85. The van der Waals surface area contributed by atoms with Crippen molar-refractivity contribution in [2.24, 2.45) is 15.3 Å². The second kappa shape index (κ2) is 9.86. The summed E-state index contributed by atoms with van der Waals surface area (Å²) < 4.78 is 14.9. The lowest BCUT2D eigenvalue weighted by Gasteiger charge is -1.98. The molecule has 1 N–H and O–H groups in total. The third-order valence-corrected chi connectivity index (χ3v) is 6.56. The number of benzene rings is 2. The summed E-state index contributed by atoms with van der Waals surface area (Å²) in [5.41, 5.74) is 6.97. The highest BCUT2D eigenvalue weighted by Gasteiger charge is 2.12. The zero-order chi connectivity index (χ0) is 23.3. The molecule has 0 saturated heterocycles. The minimum absolute atomic E-state index is 0.311. The van der Waals surface area contributed by atoms with Crippen LogP contribution in [0.3, 0.4) is 0 Å². The van der Waals surface area contributed by atoms with Gasteiger partial charge in [0.15, 0.2) is 5.00 Å². The predicted octanol–water partition coefficient (Wildman–Crippen LogP) is 7.37. The first-order valence-corrected chi connectivity index (χ1v) is 12.0. The number of anilines is 1. The first kappa shape index (κ1) is 21.8. The normalized spacial score (nSPS) is 11.6. The van der Waals surface area contributed by atoms with E-state index in [2.05, 4.69) is 25.7 Å². The van der Waals surface area contributed by atoms with Gasteiger partial charge in [0.25, 0.3) is 0 Å². The van der Waals surface area contributed by atoms with Gasteiger partial charge >= 0.3 is 0 Å². The highest BCUT2D eigenvalue weighted by molar-refractivity contribution is 7.19. The molecule has 0 atom stereocenters. The topological polar surface area (TPSA) is 79.8 Å². The minimum Gasteiger partial charge on any atom is -0.253 e. The molecular formula is C24H18FN7S2. The second-order valence-electron chi connectivity index (χ2n) is 7.15. The SMILES string of the molecule is Cc1nc(N/N=C\c2cn(-c3ccccc3)nc2-c2cccs2)sc1N=Nc1ccc(F)cc1. The number of aryl methyl sites for hydroxylation is 1. The number of aromatic nitrogens is 3. The maximum Gasteiger partial charge on any atom is 0.205 e.